The highest BCUT2D eigenvalue weighted by Crippen LogP contribution is 2.15. The van der Waals surface area contributed by atoms with Crippen LogP contribution in [0.4, 0.5) is 11.4 Å². The predicted octanol–water partition coefficient (Wildman–Crippen LogP) is 2.91. The summed E-state index contributed by atoms with van der Waals surface area (Å²) in [5, 5.41) is 0. The van der Waals surface area contributed by atoms with E-state index in [1.807, 2.05) is 38.5 Å². The molecular formula is C15H17N3O. The number of aromatic nitrogens is 1. The fourth-order valence-corrected chi connectivity index (χ4v) is 1.58. The molecule has 0 bridgehead atoms. The number of rotatable bonds is 4. The van der Waals surface area contributed by atoms with E-state index in [-0.39, 0.29) is 0 Å². The average Bonchev–Trinajstić information content (AvgIpc) is 2.46. The van der Waals surface area contributed by atoms with Crippen LogP contribution in [-0.2, 0) is 0 Å². The third kappa shape index (κ3) is 3.55. The molecule has 98 valence electrons. The van der Waals surface area contributed by atoms with E-state index < -0.39 is 0 Å². The first kappa shape index (κ1) is 13.1. The average molecular weight is 255 g/mol. The lowest BCUT2D eigenvalue weighted by molar-refractivity contribution is 0.398. The molecule has 0 saturated carbocycles. The van der Waals surface area contributed by atoms with Crippen LogP contribution >= 0.6 is 0 Å². The fraction of sp³-hybridized carbons (Fsp3) is 0.200. The number of anilines is 1. The van der Waals surface area contributed by atoms with Crippen LogP contribution in [0.3, 0.4) is 0 Å². The second kappa shape index (κ2) is 6.00. The second-order valence-electron chi connectivity index (χ2n) is 4.30. The summed E-state index contributed by atoms with van der Waals surface area (Å²) in [6.45, 7) is 0. The number of ether oxygens (including phenoxy) is 1. The Hall–Kier alpha value is -2.36. The van der Waals surface area contributed by atoms with E-state index in [4.69, 9.17) is 4.74 Å². The van der Waals surface area contributed by atoms with Crippen molar-refractivity contribution in [2.24, 2.45) is 4.99 Å². The molecule has 2 aromatic rings. The summed E-state index contributed by atoms with van der Waals surface area (Å²) >= 11 is 0. The minimum absolute atomic E-state index is 0.592. The van der Waals surface area contributed by atoms with Crippen LogP contribution in [0.25, 0.3) is 0 Å². The number of nitrogens with zero attached hydrogens (tertiary/aromatic N) is 3. The molecule has 0 N–H and O–H groups in total. The summed E-state index contributed by atoms with van der Waals surface area (Å²) in [5.74, 6) is 0.592. The Balaban J connectivity index is 2.08. The molecule has 0 unspecified atom stereocenters. The van der Waals surface area contributed by atoms with Gasteiger partial charge in [-0.15, -0.1) is 0 Å². The van der Waals surface area contributed by atoms with Gasteiger partial charge >= 0.3 is 0 Å². The normalized spacial score (nSPS) is 10.7. The highest BCUT2D eigenvalue weighted by molar-refractivity contribution is 5.82. The van der Waals surface area contributed by atoms with Gasteiger partial charge in [-0.1, -0.05) is 12.1 Å². The second-order valence-corrected chi connectivity index (χ2v) is 4.30. The smallest absolute Gasteiger partial charge is 0.213 e. The monoisotopic (exact) mass is 255 g/mol. The highest BCUT2D eigenvalue weighted by atomic mass is 16.5. The number of pyridine rings is 1. The minimum Gasteiger partial charge on any atom is -0.481 e. The first-order valence-corrected chi connectivity index (χ1v) is 6.00. The molecule has 0 saturated heterocycles. The van der Waals surface area contributed by atoms with Crippen molar-refractivity contribution in [2.45, 2.75) is 0 Å². The quantitative estimate of drug-likeness (QED) is 0.788. The van der Waals surface area contributed by atoms with Crippen molar-refractivity contribution >= 4 is 17.6 Å². The van der Waals surface area contributed by atoms with E-state index in [9.17, 15) is 0 Å². The zero-order valence-electron chi connectivity index (χ0n) is 11.4. The number of hydrogen-bond acceptors (Lipinski definition) is 4. The Bertz CT molecular complexity index is 545. The summed E-state index contributed by atoms with van der Waals surface area (Å²) in [5.41, 5.74) is 3.03. The van der Waals surface area contributed by atoms with Gasteiger partial charge in [-0.25, -0.2) is 4.98 Å². The Morgan fingerprint density at radius 2 is 1.84 bits per heavy atom. The zero-order chi connectivity index (χ0) is 13.7. The molecule has 1 heterocycles. The Morgan fingerprint density at radius 1 is 1.11 bits per heavy atom. The van der Waals surface area contributed by atoms with Crippen LogP contribution in [-0.4, -0.2) is 32.4 Å². The summed E-state index contributed by atoms with van der Waals surface area (Å²) in [7, 11) is 5.63. The van der Waals surface area contributed by atoms with Gasteiger partial charge in [0.2, 0.25) is 5.88 Å². The number of methoxy groups -OCH3 is 1. The van der Waals surface area contributed by atoms with E-state index in [1.165, 1.54) is 5.69 Å². The third-order valence-corrected chi connectivity index (χ3v) is 2.70. The van der Waals surface area contributed by atoms with Gasteiger partial charge in [0, 0.05) is 32.1 Å². The molecule has 0 aliphatic carbocycles. The van der Waals surface area contributed by atoms with Crippen LogP contribution in [0.15, 0.2) is 47.6 Å². The van der Waals surface area contributed by atoms with Gasteiger partial charge in [-0.2, -0.15) is 0 Å². The standard InChI is InChI=1S/C15H17N3O/c1-18(2)14-7-4-12(5-8-14)10-16-13-6-9-15(19-3)17-11-13/h4-11H,1-3H3. The third-order valence-electron chi connectivity index (χ3n) is 2.70. The molecule has 0 aliphatic rings. The van der Waals surface area contributed by atoms with Gasteiger partial charge in [0.25, 0.3) is 0 Å². The molecule has 0 aliphatic heterocycles. The molecule has 0 amide bonds. The minimum atomic E-state index is 0.592. The van der Waals surface area contributed by atoms with Crippen molar-refractivity contribution in [3.05, 3.63) is 48.2 Å². The van der Waals surface area contributed by atoms with Crippen molar-refractivity contribution in [1.29, 1.82) is 0 Å². The number of hydrogen-bond donors (Lipinski definition) is 0. The predicted molar refractivity (Wildman–Crippen MR) is 78.8 cm³/mol. The Kier molecular flexibility index (Phi) is 4.13. The molecule has 1 aromatic heterocycles. The zero-order valence-corrected chi connectivity index (χ0v) is 11.4. The maximum absolute atomic E-state index is 5.00. The van der Waals surface area contributed by atoms with Gasteiger partial charge in [0.15, 0.2) is 0 Å². The largest absolute Gasteiger partial charge is 0.481 e. The van der Waals surface area contributed by atoms with E-state index >= 15 is 0 Å². The van der Waals surface area contributed by atoms with Crippen LogP contribution < -0.4 is 9.64 Å². The van der Waals surface area contributed by atoms with Crippen LogP contribution in [0.5, 0.6) is 5.88 Å². The molecule has 2 rings (SSSR count). The van der Waals surface area contributed by atoms with Gasteiger partial charge in [0.05, 0.1) is 19.0 Å². The number of aliphatic imine (C=N–C) groups is 1. The lowest BCUT2D eigenvalue weighted by Gasteiger charge is -2.11. The SMILES string of the molecule is COc1ccc(N=Cc2ccc(N(C)C)cc2)cn1. The summed E-state index contributed by atoms with van der Waals surface area (Å²) in [6.07, 6.45) is 3.51. The summed E-state index contributed by atoms with van der Waals surface area (Å²) in [4.78, 5) is 10.5. The topological polar surface area (TPSA) is 37.7 Å². The van der Waals surface area contributed by atoms with Crippen molar-refractivity contribution < 1.29 is 4.74 Å². The lowest BCUT2D eigenvalue weighted by Crippen LogP contribution is -2.08. The Labute approximate surface area is 113 Å². The molecule has 0 radical (unpaired) electrons. The van der Waals surface area contributed by atoms with Gasteiger partial charge in [-0.05, 0) is 23.8 Å². The molecule has 1 aromatic carbocycles. The molecule has 0 fully saturated rings. The molecule has 0 atom stereocenters. The summed E-state index contributed by atoms with van der Waals surface area (Å²) in [6, 6.07) is 11.9. The molecule has 4 heteroatoms. The number of benzene rings is 1. The van der Waals surface area contributed by atoms with Crippen LogP contribution in [0, 0.1) is 0 Å². The van der Waals surface area contributed by atoms with Crippen LogP contribution in [0.2, 0.25) is 0 Å². The maximum atomic E-state index is 5.00. The van der Waals surface area contributed by atoms with Gasteiger partial charge in [-0.3, -0.25) is 4.99 Å². The Morgan fingerprint density at radius 3 is 2.37 bits per heavy atom. The van der Waals surface area contributed by atoms with Crippen molar-refractivity contribution in [2.75, 3.05) is 26.1 Å². The fourth-order valence-electron chi connectivity index (χ4n) is 1.58. The van der Waals surface area contributed by atoms with Crippen molar-refractivity contribution in [3.8, 4) is 5.88 Å². The highest BCUT2D eigenvalue weighted by Gasteiger charge is 1.95. The molecule has 0 spiro atoms. The molecular weight excluding hydrogens is 238 g/mol. The van der Waals surface area contributed by atoms with E-state index in [2.05, 4.69) is 27.0 Å². The summed E-state index contributed by atoms with van der Waals surface area (Å²) < 4.78 is 5.00. The molecule has 4 nitrogen and oxygen atoms in total. The van der Waals surface area contributed by atoms with Gasteiger partial charge in [0.1, 0.15) is 0 Å². The van der Waals surface area contributed by atoms with Gasteiger partial charge < -0.3 is 9.64 Å². The molecule has 19 heavy (non-hydrogen) atoms. The van der Waals surface area contributed by atoms with E-state index in [0.717, 1.165) is 11.3 Å². The van der Waals surface area contributed by atoms with Crippen LogP contribution in [0.1, 0.15) is 5.56 Å². The first-order chi connectivity index (χ1) is 9.19. The lowest BCUT2D eigenvalue weighted by atomic mass is 10.2. The van der Waals surface area contributed by atoms with E-state index in [0.29, 0.717) is 5.88 Å². The van der Waals surface area contributed by atoms with E-state index in [1.54, 1.807) is 19.4 Å². The van der Waals surface area contributed by atoms with Crippen molar-refractivity contribution in [3.63, 3.8) is 0 Å². The maximum Gasteiger partial charge on any atom is 0.213 e. The first-order valence-electron chi connectivity index (χ1n) is 6.00. The van der Waals surface area contributed by atoms with Crippen molar-refractivity contribution in [1.82, 2.24) is 4.98 Å².